The molecule has 0 aromatic heterocycles. The Kier molecular flexibility index (Phi) is 3.33. The van der Waals surface area contributed by atoms with Crippen LogP contribution in [0.4, 0.5) is 0 Å². The molecule has 0 bridgehead atoms. The molecule has 3 nitrogen and oxygen atoms in total. The molecule has 1 heterocycles. The summed E-state index contributed by atoms with van der Waals surface area (Å²) in [6.07, 6.45) is 4.32. The summed E-state index contributed by atoms with van der Waals surface area (Å²) in [4.78, 5) is 12.5. The maximum absolute atomic E-state index is 12.5. The summed E-state index contributed by atoms with van der Waals surface area (Å²) in [5.74, 6) is -0.0258. The van der Waals surface area contributed by atoms with Crippen LogP contribution in [0.5, 0.6) is 0 Å². The zero-order valence-corrected chi connectivity index (χ0v) is 12.5. The highest BCUT2D eigenvalue weighted by Gasteiger charge is 2.53. The fourth-order valence-electron chi connectivity index (χ4n) is 3.31. The summed E-state index contributed by atoms with van der Waals surface area (Å²) in [6.45, 7) is 3.90. The van der Waals surface area contributed by atoms with Crippen LogP contribution in [0.15, 0.2) is 30.3 Å². The molecule has 0 N–H and O–H groups in total. The second-order valence-corrected chi connectivity index (χ2v) is 6.70. The van der Waals surface area contributed by atoms with Gasteiger partial charge in [-0.3, -0.25) is 9.28 Å². The van der Waals surface area contributed by atoms with Gasteiger partial charge in [0.2, 0.25) is 6.73 Å². The summed E-state index contributed by atoms with van der Waals surface area (Å²) in [6, 6.07) is 10.7. The first-order valence-electron chi connectivity index (χ1n) is 7.64. The van der Waals surface area contributed by atoms with E-state index in [1.54, 1.807) is 0 Å². The smallest absolute Gasteiger partial charge is 0.320 e. The molecule has 1 aliphatic carbocycles. The lowest BCUT2D eigenvalue weighted by atomic mass is 9.96. The van der Waals surface area contributed by atoms with Crippen molar-refractivity contribution >= 4 is 5.97 Å². The van der Waals surface area contributed by atoms with Crippen LogP contribution in [0.25, 0.3) is 0 Å². The second-order valence-electron chi connectivity index (χ2n) is 6.70. The molecule has 0 spiro atoms. The number of carbonyl (C=O) groups is 1. The van der Waals surface area contributed by atoms with Gasteiger partial charge in [0.1, 0.15) is 0 Å². The third-order valence-corrected chi connectivity index (χ3v) is 5.31. The van der Waals surface area contributed by atoms with Gasteiger partial charge in [-0.05, 0) is 25.3 Å². The minimum absolute atomic E-state index is 0.0258. The standard InChI is InChI=1S/C17H24NO2/c1-14-7-6-12-18(14,2)13-20-16(19)17(10-11-17)15-8-4-3-5-9-15/h3-5,8-9,14H,6-7,10-13H2,1-2H3/q+1. The van der Waals surface area contributed by atoms with E-state index in [2.05, 4.69) is 14.0 Å². The molecule has 0 radical (unpaired) electrons. The van der Waals surface area contributed by atoms with Gasteiger partial charge in [-0.1, -0.05) is 30.3 Å². The van der Waals surface area contributed by atoms with E-state index in [0.29, 0.717) is 12.8 Å². The van der Waals surface area contributed by atoms with E-state index in [1.807, 2.05) is 30.3 Å². The average Bonchev–Trinajstić information content (AvgIpc) is 3.21. The fourth-order valence-corrected chi connectivity index (χ4v) is 3.31. The minimum Gasteiger partial charge on any atom is -0.414 e. The van der Waals surface area contributed by atoms with E-state index in [1.165, 1.54) is 12.8 Å². The van der Waals surface area contributed by atoms with E-state index in [4.69, 9.17) is 4.74 Å². The molecule has 1 aliphatic heterocycles. The molecule has 3 heteroatoms. The summed E-state index contributed by atoms with van der Waals surface area (Å²) >= 11 is 0. The lowest BCUT2D eigenvalue weighted by molar-refractivity contribution is -0.935. The van der Waals surface area contributed by atoms with Crippen molar-refractivity contribution in [1.82, 2.24) is 0 Å². The predicted molar refractivity (Wildman–Crippen MR) is 78.1 cm³/mol. The number of carbonyl (C=O) groups excluding carboxylic acids is 1. The number of quaternary nitrogens is 1. The van der Waals surface area contributed by atoms with Gasteiger partial charge in [0.25, 0.3) is 0 Å². The summed E-state index contributed by atoms with van der Waals surface area (Å²) in [5, 5.41) is 0. The van der Waals surface area contributed by atoms with Crippen molar-refractivity contribution < 1.29 is 14.0 Å². The van der Waals surface area contributed by atoms with Crippen molar-refractivity contribution in [3.8, 4) is 0 Å². The van der Waals surface area contributed by atoms with Gasteiger partial charge in [-0.2, -0.15) is 0 Å². The Balaban J connectivity index is 1.66. The Hall–Kier alpha value is -1.35. The zero-order chi connectivity index (χ0) is 14.2. The molecule has 108 valence electrons. The van der Waals surface area contributed by atoms with Gasteiger partial charge in [0.05, 0.1) is 25.0 Å². The maximum atomic E-state index is 12.5. The third kappa shape index (κ3) is 2.24. The van der Waals surface area contributed by atoms with Crippen molar-refractivity contribution in [3.05, 3.63) is 35.9 Å². The SMILES string of the molecule is CC1CCC[N+]1(C)COC(=O)C1(c2ccccc2)CC1. The number of hydrogen-bond donors (Lipinski definition) is 0. The molecule has 3 rings (SSSR count). The molecule has 1 saturated heterocycles. The molecule has 2 atom stereocenters. The largest absolute Gasteiger partial charge is 0.414 e. The number of hydrogen-bond acceptors (Lipinski definition) is 2. The molecule has 1 aromatic carbocycles. The van der Waals surface area contributed by atoms with Crippen LogP contribution in [0.2, 0.25) is 0 Å². The summed E-state index contributed by atoms with van der Waals surface area (Å²) in [7, 11) is 2.20. The van der Waals surface area contributed by atoms with E-state index < -0.39 is 0 Å². The topological polar surface area (TPSA) is 26.3 Å². The second kappa shape index (κ2) is 4.88. The summed E-state index contributed by atoms with van der Waals surface area (Å²) < 4.78 is 6.59. The molecular weight excluding hydrogens is 250 g/mol. The fraction of sp³-hybridized carbons (Fsp3) is 0.588. The first kappa shape index (κ1) is 13.6. The molecule has 2 aliphatic rings. The predicted octanol–water partition coefficient (Wildman–Crippen LogP) is 2.85. The molecule has 2 fully saturated rings. The molecule has 20 heavy (non-hydrogen) atoms. The van der Waals surface area contributed by atoms with Gasteiger partial charge >= 0.3 is 5.97 Å². The average molecular weight is 274 g/mol. The van der Waals surface area contributed by atoms with Crippen LogP contribution in [0.3, 0.4) is 0 Å². The van der Waals surface area contributed by atoms with E-state index in [9.17, 15) is 4.79 Å². The number of nitrogens with zero attached hydrogens (tertiary/aromatic N) is 1. The van der Waals surface area contributed by atoms with Crippen LogP contribution in [0, 0.1) is 0 Å². The third-order valence-electron chi connectivity index (χ3n) is 5.31. The van der Waals surface area contributed by atoms with Crippen molar-refractivity contribution in [2.45, 2.75) is 44.1 Å². The lowest BCUT2D eigenvalue weighted by Crippen LogP contribution is -2.49. The van der Waals surface area contributed by atoms with Crippen molar-refractivity contribution in [2.75, 3.05) is 20.3 Å². The molecule has 1 saturated carbocycles. The van der Waals surface area contributed by atoms with Crippen molar-refractivity contribution in [2.24, 2.45) is 0 Å². The van der Waals surface area contributed by atoms with E-state index in [0.717, 1.165) is 29.4 Å². The Morgan fingerprint density at radius 1 is 1.35 bits per heavy atom. The molecule has 2 unspecified atom stereocenters. The Morgan fingerprint density at radius 2 is 2.05 bits per heavy atom. The number of esters is 1. The van der Waals surface area contributed by atoms with Crippen LogP contribution in [-0.2, 0) is 14.9 Å². The van der Waals surface area contributed by atoms with Gasteiger partial charge in [0, 0.05) is 12.8 Å². The molecular formula is C17H24NO2+. The number of likely N-dealkylation sites (tertiary alicyclic amines) is 1. The van der Waals surface area contributed by atoms with E-state index >= 15 is 0 Å². The van der Waals surface area contributed by atoms with Gasteiger partial charge in [0.15, 0.2) is 0 Å². The summed E-state index contributed by atoms with van der Waals surface area (Å²) in [5.41, 5.74) is 0.769. The van der Waals surface area contributed by atoms with Crippen LogP contribution < -0.4 is 0 Å². The van der Waals surface area contributed by atoms with Crippen LogP contribution >= 0.6 is 0 Å². The quantitative estimate of drug-likeness (QED) is 0.623. The first-order valence-corrected chi connectivity index (χ1v) is 7.64. The Morgan fingerprint density at radius 3 is 2.60 bits per heavy atom. The highest BCUT2D eigenvalue weighted by Crippen LogP contribution is 2.49. The van der Waals surface area contributed by atoms with Gasteiger partial charge in [-0.15, -0.1) is 0 Å². The van der Waals surface area contributed by atoms with E-state index in [-0.39, 0.29) is 11.4 Å². The van der Waals surface area contributed by atoms with Crippen molar-refractivity contribution in [3.63, 3.8) is 0 Å². The number of rotatable bonds is 4. The van der Waals surface area contributed by atoms with Crippen molar-refractivity contribution in [1.29, 1.82) is 0 Å². The number of ether oxygens (including phenoxy) is 1. The normalized spacial score (nSPS) is 31.0. The van der Waals surface area contributed by atoms with Gasteiger partial charge < -0.3 is 4.74 Å². The van der Waals surface area contributed by atoms with Crippen LogP contribution in [-0.4, -0.2) is 36.8 Å². The van der Waals surface area contributed by atoms with Crippen LogP contribution in [0.1, 0.15) is 38.2 Å². The Labute approximate surface area is 121 Å². The molecule has 0 amide bonds. The Bertz CT molecular complexity index is 495. The maximum Gasteiger partial charge on any atom is 0.320 e. The minimum atomic E-state index is -0.344. The molecule has 1 aromatic rings. The highest BCUT2D eigenvalue weighted by atomic mass is 16.5. The zero-order valence-electron chi connectivity index (χ0n) is 12.5. The van der Waals surface area contributed by atoms with Gasteiger partial charge in [-0.25, -0.2) is 0 Å². The highest BCUT2D eigenvalue weighted by molar-refractivity contribution is 5.86. The lowest BCUT2D eigenvalue weighted by Gasteiger charge is -2.33. The number of benzene rings is 1. The first-order chi connectivity index (χ1) is 9.57. The monoisotopic (exact) mass is 274 g/mol.